The van der Waals surface area contributed by atoms with Crippen LogP contribution < -0.4 is 5.32 Å². The van der Waals surface area contributed by atoms with Gasteiger partial charge in [-0.15, -0.1) is 0 Å². The van der Waals surface area contributed by atoms with E-state index in [2.05, 4.69) is 61.6 Å². The second kappa shape index (κ2) is 8.16. The second-order valence-corrected chi connectivity index (χ2v) is 6.42. The molecule has 8 heteroatoms. The van der Waals surface area contributed by atoms with Gasteiger partial charge in [-0.3, -0.25) is 4.55 Å². The summed E-state index contributed by atoms with van der Waals surface area (Å²) in [5.74, 6) is 0. The van der Waals surface area contributed by atoms with E-state index in [9.17, 15) is 13.2 Å². The molecule has 0 heterocycles. The number of hydrogen-bond donors (Lipinski definition) is 2. The average Bonchev–Trinajstić information content (AvgIpc) is 2.48. The van der Waals surface area contributed by atoms with Crippen LogP contribution in [0, 0.1) is 13.8 Å². The van der Waals surface area contributed by atoms with Gasteiger partial charge < -0.3 is 5.32 Å². The molecule has 0 bridgehead atoms. The first-order valence-electron chi connectivity index (χ1n) is 6.90. The van der Waals surface area contributed by atoms with E-state index >= 15 is 0 Å². The summed E-state index contributed by atoms with van der Waals surface area (Å²) in [6, 6.07) is 16.8. The van der Waals surface area contributed by atoms with Crippen LogP contribution in [0.15, 0.2) is 48.5 Å². The first-order chi connectivity index (χ1) is 11.0. The Labute approximate surface area is 139 Å². The van der Waals surface area contributed by atoms with Gasteiger partial charge in [0.1, 0.15) is 0 Å². The molecule has 4 nitrogen and oxygen atoms in total. The van der Waals surface area contributed by atoms with Crippen LogP contribution in [-0.2, 0) is 16.7 Å². The minimum Gasteiger partial charge on any atom is -0.381 e. The summed E-state index contributed by atoms with van der Waals surface area (Å²) < 4.78 is 57.5. The van der Waals surface area contributed by atoms with E-state index < -0.39 is 15.6 Å². The number of aryl methyl sites for hydroxylation is 1. The molecule has 2 aromatic carbocycles. The van der Waals surface area contributed by atoms with E-state index in [1.807, 2.05) is 6.07 Å². The van der Waals surface area contributed by atoms with Gasteiger partial charge in [0.25, 0.3) is 0 Å². The lowest BCUT2D eigenvalue weighted by Gasteiger charge is -2.11. The summed E-state index contributed by atoms with van der Waals surface area (Å²) >= 11 is 0. The van der Waals surface area contributed by atoms with Crippen LogP contribution in [0.25, 0.3) is 0 Å². The fourth-order valence-electron chi connectivity index (χ4n) is 1.74. The Morgan fingerprint density at radius 1 is 1.00 bits per heavy atom. The molecule has 0 aliphatic carbocycles. The molecule has 0 aliphatic heterocycles. The second-order valence-electron chi connectivity index (χ2n) is 5.01. The van der Waals surface area contributed by atoms with Crippen LogP contribution in [0.5, 0.6) is 0 Å². The molecule has 2 rings (SSSR count). The maximum absolute atomic E-state index is 10.7. The van der Waals surface area contributed by atoms with Gasteiger partial charge in [-0.05, 0) is 36.6 Å². The molecule has 132 valence electrons. The standard InChI is InChI=1S/C15H17N.CHF3O3S/c1-12-7-6-10-15(13(12)2)16-11-14-8-4-3-5-9-14;2-1(3,4)8(5,6)7/h3-10,16H,11H2,1-2H3;(H,5,6,7). The highest BCUT2D eigenvalue weighted by molar-refractivity contribution is 7.86. The number of benzene rings is 2. The lowest BCUT2D eigenvalue weighted by Crippen LogP contribution is -2.21. The van der Waals surface area contributed by atoms with Crippen molar-refractivity contribution in [3.05, 3.63) is 65.2 Å². The topological polar surface area (TPSA) is 66.4 Å². The number of anilines is 1. The van der Waals surface area contributed by atoms with E-state index in [1.54, 1.807) is 0 Å². The van der Waals surface area contributed by atoms with Crippen LogP contribution in [0.3, 0.4) is 0 Å². The minimum absolute atomic E-state index is 0.880. The quantitative estimate of drug-likeness (QED) is 0.632. The Kier molecular flexibility index (Phi) is 6.80. The van der Waals surface area contributed by atoms with Gasteiger partial charge in [0.05, 0.1) is 0 Å². The Bertz CT molecular complexity index is 760. The van der Waals surface area contributed by atoms with E-state index in [1.165, 1.54) is 22.4 Å². The van der Waals surface area contributed by atoms with Crippen molar-refractivity contribution >= 4 is 15.8 Å². The smallest absolute Gasteiger partial charge is 0.381 e. The maximum Gasteiger partial charge on any atom is 0.522 e. The number of alkyl halides is 3. The van der Waals surface area contributed by atoms with Crippen molar-refractivity contribution in [2.45, 2.75) is 25.9 Å². The van der Waals surface area contributed by atoms with Crippen LogP contribution >= 0.6 is 0 Å². The third kappa shape index (κ3) is 6.21. The highest BCUT2D eigenvalue weighted by atomic mass is 32.2. The molecule has 0 aliphatic rings. The number of rotatable bonds is 3. The Hall–Kier alpha value is -2.06. The summed E-state index contributed by atoms with van der Waals surface area (Å²) in [5, 5.41) is 3.47. The molecule has 0 radical (unpaired) electrons. The SMILES string of the molecule is Cc1cccc(NCc2ccccc2)c1C.O=S(=O)(O)C(F)(F)F. The van der Waals surface area contributed by atoms with Crippen molar-refractivity contribution in [3.8, 4) is 0 Å². The number of hydrogen-bond acceptors (Lipinski definition) is 3. The average molecular weight is 361 g/mol. The molecule has 0 aromatic heterocycles. The summed E-state index contributed by atoms with van der Waals surface area (Å²) in [5.41, 5.74) is -0.337. The van der Waals surface area contributed by atoms with Gasteiger partial charge in [-0.25, -0.2) is 0 Å². The van der Waals surface area contributed by atoms with Crippen LogP contribution in [0.4, 0.5) is 18.9 Å². The zero-order chi connectivity index (χ0) is 18.4. The molecule has 0 amide bonds. The molecule has 0 saturated heterocycles. The maximum atomic E-state index is 10.7. The van der Waals surface area contributed by atoms with Gasteiger partial charge in [0.15, 0.2) is 0 Å². The van der Waals surface area contributed by atoms with Crippen LogP contribution in [-0.4, -0.2) is 18.5 Å². The zero-order valence-corrected chi connectivity index (χ0v) is 13.9. The molecule has 2 aromatic rings. The summed E-state index contributed by atoms with van der Waals surface area (Å²) in [6.07, 6.45) is 0. The molecule has 0 atom stereocenters. The number of halogens is 3. The molecule has 0 unspecified atom stereocenters. The van der Waals surface area contributed by atoms with Gasteiger partial charge in [0.2, 0.25) is 0 Å². The Balaban J connectivity index is 0.000000307. The molecule has 24 heavy (non-hydrogen) atoms. The predicted molar refractivity (Wildman–Crippen MR) is 87.3 cm³/mol. The lowest BCUT2D eigenvalue weighted by molar-refractivity contribution is -0.0510. The van der Waals surface area contributed by atoms with Gasteiger partial charge in [0, 0.05) is 12.2 Å². The van der Waals surface area contributed by atoms with Gasteiger partial charge >= 0.3 is 15.6 Å². The first-order valence-corrected chi connectivity index (χ1v) is 8.34. The Morgan fingerprint density at radius 2 is 1.54 bits per heavy atom. The summed E-state index contributed by atoms with van der Waals surface area (Å²) in [7, 11) is -5.84. The van der Waals surface area contributed by atoms with E-state index in [-0.39, 0.29) is 0 Å². The van der Waals surface area contributed by atoms with Crippen LogP contribution in [0.2, 0.25) is 0 Å². The van der Waals surface area contributed by atoms with Crippen molar-refractivity contribution < 1.29 is 26.1 Å². The monoisotopic (exact) mass is 361 g/mol. The first kappa shape index (κ1) is 20.0. The Morgan fingerprint density at radius 3 is 2.04 bits per heavy atom. The molecular weight excluding hydrogens is 343 g/mol. The summed E-state index contributed by atoms with van der Waals surface area (Å²) in [4.78, 5) is 0. The zero-order valence-electron chi connectivity index (χ0n) is 13.1. The molecule has 0 fully saturated rings. The third-order valence-corrected chi connectivity index (χ3v) is 3.81. The summed E-state index contributed by atoms with van der Waals surface area (Å²) in [6.45, 7) is 5.18. The van der Waals surface area contributed by atoms with E-state index in [0.717, 1.165) is 6.54 Å². The van der Waals surface area contributed by atoms with Crippen molar-refractivity contribution in [2.75, 3.05) is 5.32 Å². The van der Waals surface area contributed by atoms with Crippen molar-refractivity contribution in [1.82, 2.24) is 0 Å². The fourth-order valence-corrected chi connectivity index (χ4v) is 1.74. The van der Waals surface area contributed by atoms with Gasteiger partial charge in [-0.1, -0.05) is 42.5 Å². The largest absolute Gasteiger partial charge is 0.522 e. The molecule has 0 saturated carbocycles. The van der Waals surface area contributed by atoms with Gasteiger partial charge in [-0.2, -0.15) is 21.6 Å². The molecule has 0 spiro atoms. The highest BCUT2D eigenvalue weighted by Gasteiger charge is 2.44. The predicted octanol–water partition coefficient (Wildman–Crippen LogP) is 4.31. The lowest BCUT2D eigenvalue weighted by atomic mass is 10.1. The van der Waals surface area contributed by atoms with Crippen molar-refractivity contribution in [2.24, 2.45) is 0 Å². The molecule has 2 N–H and O–H groups in total. The van der Waals surface area contributed by atoms with E-state index in [4.69, 9.17) is 13.0 Å². The van der Waals surface area contributed by atoms with E-state index in [0.29, 0.717) is 0 Å². The highest BCUT2D eigenvalue weighted by Crippen LogP contribution is 2.20. The fraction of sp³-hybridized carbons (Fsp3) is 0.250. The third-order valence-electron chi connectivity index (χ3n) is 3.22. The van der Waals surface area contributed by atoms with Crippen molar-refractivity contribution in [3.63, 3.8) is 0 Å². The minimum atomic E-state index is -5.84. The number of nitrogens with one attached hydrogen (secondary N) is 1. The van der Waals surface area contributed by atoms with Crippen molar-refractivity contribution in [1.29, 1.82) is 0 Å². The van der Waals surface area contributed by atoms with Crippen LogP contribution in [0.1, 0.15) is 16.7 Å². The normalized spacial score (nSPS) is 11.4. The molecular formula is C16H18F3NO3S.